The van der Waals surface area contributed by atoms with Crippen LogP contribution in [-0.4, -0.2) is 16.9 Å². The van der Waals surface area contributed by atoms with Gasteiger partial charge in [-0.3, -0.25) is 4.79 Å². The summed E-state index contributed by atoms with van der Waals surface area (Å²) in [4.78, 5) is 14.3. The molecular formula is C8H10FN3O. The molecule has 0 spiro atoms. The molecule has 0 bridgehead atoms. The molecule has 0 aliphatic heterocycles. The van der Waals surface area contributed by atoms with Crippen LogP contribution in [0.15, 0.2) is 18.3 Å². The minimum Gasteiger partial charge on any atom is -0.368 e. The van der Waals surface area contributed by atoms with Gasteiger partial charge in [0, 0.05) is 6.20 Å². The van der Waals surface area contributed by atoms with Crippen LogP contribution >= 0.6 is 0 Å². The van der Waals surface area contributed by atoms with E-state index in [4.69, 9.17) is 5.73 Å². The number of nitrogens with zero attached hydrogens (tertiary/aromatic N) is 1. The lowest BCUT2D eigenvalue weighted by Gasteiger charge is -2.10. The summed E-state index contributed by atoms with van der Waals surface area (Å²) in [6, 6.07) is 2.09. The summed E-state index contributed by atoms with van der Waals surface area (Å²) in [7, 11) is 0. The minimum atomic E-state index is -0.635. The van der Waals surface area contributed by atoms with E-state index in [1.807, 2.05) is 0 Å². The molecule has 1 unspecified atom stereocenters. The number of halogens is 1. The molecule has 1 amide bonds. The Labute approximate surface area is 75.0 Å². The van der Waals surface area contributed by atoms with E-state index in [1.165, 1.54) is 25.3 Å². The molecule has 0 saturated heterocycles. The highest BCUT2D eigenvalue weighted by molar-refractivity contribution is 5.82. The van der Waals surface area contributed by atoms with Gasteiger partial charge in [-0.2, -0.15) is 0 Å². The van der Waals surface area contributed by atoms with Crippen LogP contribution in [-0.2, 0) is 4.79 Å². The van der Waals surface area contributed by atoms with Crippen molar-refractivity contribution in [2.45, 2.75) is 13.0 Å². The molecule has 5 heteroatoms. The number of carbonyl (C=O) groups excluding carboxylic acids is 1. The van der Waals surface area contributed by atoms with Gasteiger partial charge in [0.25, 0.3) is 0 Å². The maximum atomic E-state index is 12.9. The van der Waals surface area contributed by atoms with Crippen molar-refractivity contribution < 1.29 is 9.18 Å². The van der Waals surface area contributed by atoms with Gasteiger partial charge in [-0.15, -0.1) is 0 Å². The molecule has 70 valence electrons. The van der Waals surface area contributed by atoms with E-state index in [9.17, 15) is 9.18 Å². The topological polar surface area (TPSA) is 68.0 Å². The molecule has 1 heterocycles. The van der Waals surface area contributed by atoms with Gasteiger partial charge in [-0.05, 0) is 19.1 Å². The number of carbonyl (C=O) groups is 1. The molecule has 1 rings (SSSR count). The fourth-order valence-corrected chi connectivity index (χ4v) is 0.768. The monoisotopic (exact) mass is 183 g/mol. The molecular weight excluding hydrogens is 173 g/mol. The molecule has 1 aromatic heterocycles. The summed E-state index contributed by atoms with van der Waals surface area (Å²) in [5.41, 5.74) is 4.98. The average Bonchev–Trinajstić information content (AvgIpc) is 2.08. The quantitative estimate of drug-likeness (QED) is 0.717. The van der Waals surface area contributed by atoms with Crippen LogP contribution in [0.5, 0.6) is 0 Å². The van der Waals surface area contributed by atoms with Crippen molar-refractivity contribution in [2.24, 2.45) is 5.73 Å². The van der Waals surface area contributed by atoms with Gasteiger partial charge in [0.15, 0.2) is 11.6 Å². The summed E-state index contributed by atoms with van der Waals surface area (Å²) >= 11 is 0. The zero-order valence-corrected chi connectivity index (χ0v) is 7.12. The second kappa shape index (κ2) is 3.84. The lowest BCUT2D eigenvalue weighted by atomic mass is 10.3. The lowest BCUT2D eigenvalue weighted by Crippen LogP contribution is -2.33. The Hall–Kier alpha value is -1.65. The predicted octanol–water partition coefficient (Wildman–Crippen LogP) is 0.506. The summed E-state index contributed by atoms with van der Waals surface area (Å²) in [6.07, 6.45) is 1.43. The Morgan fingerprint density at radius 3 is 3.00 bits per heavy atom. The summed E-state index contributed by atoms with van der Waals surface area (Å²) in [6.45, 7) is 1.54. The van der Waals surface area contributed by atoms with E-state index < -0.39 is 17.8 Å². The number of amides is 1. The number of nitrogens with two attached hydrogens (primary N) is 1. The number of aromatic nitrogens is 1. The highest BCUT2D eigenvalue weighted by Crippen LogP contribution is 2.09. The fraction of sp³-hybridized carbons (Fsp3) is 0.250. The van der Waals surface area contributed by atoms with Crippen molar-refractivity contribution in [2.75, 3.05) is 5.32 Å². The Morgan fingerprint density at radius 2 is 2.46 bits per heavy atom. The Morgan fingerprint density at radius 1 is 1.77 bits per heavy atom. The Bertz CT molecular complexity index is 316. The van der Waals surface area contributed by atoms with Crippen LogP contribution in [0.4, 0.5) is 10.2 Å². The molecule has 1 aromatic rings. The Balaban J connectivity index is 2.74. The Kier molecular flexibility index (Phi) is 2.79. The number of anilines is 1. The maximum Gasteiger partial charge on any atom is 0.239 e. The van der Waals surface area contributed by atoms with Gasteiger partial charge >= 0.3 is 0 Å². The van der Waals surface area contributed by atoms with E-state index in [0.717, 1.165) is 0 Å². The maximum absolute atomic E-state index is 12.9. The van der Waals surface area contributed by atoms with Crippen LogP contribution in [0, 0.1) is 5.82 Å². The third-order valence-electron chi connectivity index (χ3n) is 1.54. The summed E-state index contributed by atoms with van der Waals surface area (Å²) in [5, 5.41) is 2.55. The zero-order valence-electron chi connectivity index (χ0n) is 7.12. The molecule has 0 aliphatic rings. The number of rotatable bonds is 3. The average molecular weight is 183 g/mol. The van der Waals surface area contributed by atoms with E-state index in [-0.39, 0.29) is 5.82 Å². The second-order valence-corrected chi connectivity index (χ2v) is 2.60. The number of nitrogens with one attached hydrogen (secondary N) is 1. The summed E-state index contributed by atoms with van der Waals surface area (Å²) in [5.74, 6) is -1.02. The number of pyridine rings is 1. The van der Waals surface area contributed by atoms with E-state index in [2.05, 4.69) is 10.3 Å². The largest absolute Gasteiger partial charge is 0.368 e. The van der Waals surface area contributed by atoms with Crippen LogP contribution in [0.1, 0.15) is 6.92 Å². The first-order valence-electron chi connectivity index (χ1n) is 3.77. The molecule has 0 aliphatic carbocycles. The molecule has 1 atom stereocenters. The first kappa shape index (κ1) is 9.44. The molecule has 0 saturated carbocycles. The van der Waals surface area contributed by atoms with Crippen LogP contribution in [0.3, 0.4) is 0 Å². The van der Waals surface area contributed by atoms with Gasteiger partial charge in [0.2, 0.25) is 5.91 Å². The van der Waals surface area contributed by atoms with Crippen molar-refractivity contribution in [1.29, 1.82) is 0 Å². The molecule has 0 fully saturated rings. The standard InChI is InChI=1S/C8H10FN3O/c1-5(7(10)13)12-8-6(9)3-2-4-11-8/h2-5H,1H3,(H2,10,13)(H,11,12). The molecule has 4 nitrogen and oxygen atoms in total. The van der Waals surface area contributed by atoms with Gasteiger partial charge in [0.1, 0.15) is 6.04 Å². The first-order chi connectivity index (χ1) is 6.11. The van der Waals surface area contributed by atoms with Crippen molar-refractivity contribution in [1.82, 2.24) is 4.98 Å². The number of hydrogen-bond acceptors (Lipinski definition) is 3. The van der Waals surface area contributed by atoms with Crippen molar-refractivity contribution in [3.63, 3.8) is 0 Å². The second-order valence-electron chi connectivity index (χ2n) is 2.60. The fourth-order valence-electron chi connectivity index (χ4n) is 0.768. The minimum absolute atomic E-state index is 0.0359. The molecule has 0 radical (unpaired) electrons. The highest BCUT2D eigenvalue weighted by Gasteiger charge is 2.10. The third-order valence-corrected chi connectivity index (χ3v) is 1.54. The van der Waals surface area contributed by atoms with Gasteiger partial charge in [-0.1, -0.05) is 0 Å². The zero-order chi connectivity index (χ0) is 9.84. The van der Waals surface area contributed by atoms with E-state index in [0.29, 0.717) is 0 Å². The lowest BCUT2D eigenvalue weighted by molar-refractivity contribution is -0.118. The predicted molar refractivity (Wildman–Crippen MR) is 46.5 cm³/mol. The smallest absolute Gasteiger partial charge is 0.239 e. The van der Waals surface area contributed by atoms with Crippen molar-refractivity contribution >= 4 is 11.7 Å². The normalized spacial score (nSPS) is 12.2. The molecule has 0 aromatic carbocycles. The molecule has 3 N–H and O–H groups in total. The van der Waals surface area contributed by atoms with Crippen molar-refractivity contribution in [3.8, 4) is 0 Å². The van der Waals surface area contributed by atoms with Crippen LogP contribution < -0.4 is 11.1 Å². The van der Waals surface area contributed by atoms with E-state index >= 15 is 0 Å². The molecule has 13 heavy (non-hydrogen) atoms. The SMILES string of the molecule is CC(Nc1ncccc1F)C(N)=O. The third kappa shape index (κ3) is 2.40. The first-order valence-corrected chi connectivity index (χ1v) is 3.77. The van der Waals surface area contributed by atoms with Gasteiger partial charge < -0.3 is 11.1 Å². The van der Waals surface area contributed by atoms with Crippen LogP contribution in [0.25, 0.3) is 0 Å². The van der Waals surface area contributed by atoms with Gasteiger partial charge in [0.05, 0.1) is 0 Å². The highest BCUT2D eigenvalue weighted by atomic mass is 19.1. The van der Waals surface area contributed by atoms with Gasteiger partial charge in [-0.25, -0.2) is 9.37 Å². The van der Waals surface area contributed by atoms with Crippen LogP contribution in [0.2, 0.25) is 0 Å². The van der Waals surface area contributed by atoms with E-state index in [1.54, 1.807) is 0 Å². The number of primary amides is 1. The summed E-state index contributed by atoms with van der Waals surface area (Å²) < 4.78 is 12.9. The number of hydrogen-bond donors (Lipinski definition) is 2. The van der Waals surface area contributed by atoms with Crippen molar-refractivity contribution in [3.05, 3.63) is 24.1 Å².